The molecule has 1 aliphatic rings. The van der Waals surface area contributed by atoms with Crippen molar-refractivity contribution in [3.05, 3.63) is 46.8 Å². The molecule has 0 radical (unpaired) electrons. The van der Waals surface area contributed by atoms with E-state index in [0.29, 0.717) is 38.5 Å². The van der Waals surface area contributed by atoms with Gasteiger partial charge in [0.25, 0.3) is 5.91 Å². The molecule has 2 aromatic rings. The molecule has 168 valence electrons. The third-order valence-electron chi connectivity index (χ3n) is 5.81. The predicted molar refractivity (Wildman–Crippen MR) is 122 cm³/mol. The molecule has 1 saturated heterocycles. The lowest BCUT2D eigenvalue weighted by Gasteiger charge is -2.35. The molecule has 1 aliphatic heterocycles. The molecule has 0 atom stereocenters. The Morgan fingerprint density at radius 3 is 2.39 bits per heavy atom. The molecule has 2 heterocycles. The average Bonchev–Trinajstić information content (AvgIpc) is 3.10. The second-order valence-corrected chi connectivity index (χ2v) is 8.74. The molecule has 31 heavy (non-hydrogen) atoms. The minimum atomic E-state index is 0.0524. The van der Waals surface area contributed by atoms with Crippen LogP contribution in [0.2, 0.25) is 0 Å². The molecule has 7 nitrogen and oxygen atoms in total. The highest BCUT2D eigenvalue weighted by molar-refractivity contribution is 7.98. The van der Waals surface area contributed by atoms with Gasteiger partial charge in [0.15, 0.2) is 0 Å². The number of nitrogens with zero attached hydrogens (tertiary/aromatic N) is 4. The average molecular weight is 445 g/mol. The summed E-state index contributed by atoms with van der Waals surface area (Å²) >= 11 is 1.63. The van der Waals surface area contributed by atoms with Gasteiger partial charge in [-0.15, -0.1) is 11.8 Å². The SMILES string of the molecule is CCN(CC)C(=O)CN1CCN(C(=O)c2ccccc2SCc2c(C)noc2C)CC1. The van der Waals surface area contributed by atoms with Crippen LogP contribution >= 0.6 is 11.8 Å². The molecule has 8 heteroatoms. The Labute approximate surface area is 188 Å². The van der Waals surface area contributed by atoms with E-state index in [9.17, 15) is 9.59 Å². The van der Waals surface area contributed by atoms with Crippen LogP contribution in [0.4, 0.5) is 0 Å². The van der Waals surface area contributed by atoms with Gasteiger partial charge in [-0.25, -0.2) is 0 Å². The van der Waals surface area contributed by atoms with Crippen LogP contribution < -0.4 is 0 Å². The molecule has 1 aromatic carbocycles. The number of thioether (sulfide) groups is 1. The van der Waals surface area contributed by atoms with Crippen molar-refractivity contribution < 1.29 is 14.1 Å². The number of rotatable bonds is 8. The molecular weight excluding hydrogens is 412 g/mol. The maximum atomic E-state index is 13.2. The maximum absolute atomic E-state index is 13.2. The number of aryl methyl sites for hydroxylation is 2. The minimum absolute atomic E-state index is 0.0524. The highest BCUT2D eigenvalue weighted by Crippen LogP contribution is 2.29. The van der Waals surface area contributed by atoms with Gasteiger partial charge in [-0.05, 0) is 39.8 Å². The Morgan fingerprint density at radius 1 is 1.10 bits per heavy atom. The molecule has 0 aliphatic carbocycles. The van der Waals surface area contributed by atoms with Gasteiger partial charge in [-0.3, -0.25) is 14.5 Å². The third-order valence-corrected chi connectivity index (χ3v) is 6.91. The van der Waals surface area contributed by atoms with E-state index in [4.69, 9.17) is 4.52 Å². The Morgan fingerprint density at radius 2 is 1.77 bits per heavy atom. The van der Waals surface area contributed by atoms with Crippen LogP contribution in [-0.4, -0.2) is 77.5 Å². The fraction of sp³-hybridized carbons (Fsp3) is 0.522. The molecule has 0 bridgehead atoms. The van der Waals surface area contributed by atoms with Gasteiger partial charge < -0.3 is 14.3 Å². The summed E-state index contributed by atoms with van der Waals surface area (Å²) in [5.74, 6) is 1.75. The fourth-order valence-electron chi connectivity index (χ4n) is 3.77. The summed E-state index contributed by atoms with van der Waals surface area (Å²) < 4.78 is 5.25. The van der Waals surface area contributed by atoms with E-state index in [1.54, 1.807) is 11.8 Å². The van der Waals surface area contributed by atoms with Crippen LogP contribution in [-0.2, 0) is 10.5 Å². The maximum Gasteiger partial charge on any atom is 0.255 e. The standard InChI is InChI=1S/C23H32N4O3S/c1-5-26(6-2)22(28)15-25-11-13-27(14-12-25)23(29)19-9-7-8-10-21(19)31-16-20-17(3)24-30-18(20)4/h7-10H,5-6,11-16H2,1-4H3. The first-order valence-electron chi connectivity index (χ1n) is 10.9. The van der Waals surface area contributed by atoms with E-state index in [2.05, 4.69) is 10.1 Å². The van der Waals surface area contributed by atoms with E-state index in [1.807, 2.05) is 61.8 Å². The van der Waals surface area contributed by atoms with Crippen LogP contribution in [0.3, 0.4) is 0 Å². The van der Waals surface area contributed by atoms with E-state index in [1.165, 1.54) is 0 Å². The summed E-state index contributed by atoms with van der Waals surface area (Å²) in [7, 11) is 0. The number of hydrogen-bond donors (Lipinski definition) is 0. The van der Waals surface area contributed by atoms with E-state index in [0.717, 1.165) is 40.6 Å². The van der Waals surface area contributed by atoms with Gasteiger partial charge in [-0.1, -0.05) is 17.3 Å². The summed E-state index contributed by atoms with van der Waals surface area (Å²) in [5.41, 5.74) is 2.70. The number of hydrogen-bond acceptors (Lipinski definition) is 6. The van der Waals surface area contributed by atoms with Crippen LogP contribution in [0.1, 0.15) is 41.2 Å². The van der Waals surface area contributed by atoms with Crippen molar-refractivity contribution in [1.29, 1.82) is 0 Å². The summed E-state index contributed by atoms with van der Waals surface area (Å²) in [6, 6.07) is 7.76. The van der Waals surface area contributed by atoms with E-state index >= 15 is 0 Å². The smallest absolute Gasteiger partial charge is 0.255 e. The zero-order valence-corrected chi connectivity index (χ0v) is 19.7. The molecule has 3 rings (SSSR count). The topological polar surface area (TPSA) is 69.9 Å². The second kappa shape index (κ2) is 10.8. The number of likely N-dealkylation sites (N-methyl/N-ethyl adjacent to an activating group) is 1. The van der Waals surface area contributed by atoms with Crippen molar-refractivity contribution in [2.75, 3.05) is 45.8 Å². The molecule has 0 spiro atoms. The first-order valence-corrected chi connectivity index (χ1v) is 11.9. The summed E-state index contributed by atoms with van der Waals surface area (Å²) in [5, 5.41) is 4.01. The monoisotopic (exact) mass is 444 g/mol. The van der Waals surface area contributed by atoms with Crippen molar-refractivity contribution in [2.45, 2.75) is 38.3 Å². The molecular formula is C23H32N4O3S. The molecule has 0 N–H and O–H groups in total. The Hall–Kier alpha value is -2.32. The number of amides is 2. The lowest BCUT2D eigenvalue weighted by molar-refractivity contribution is -0.132. The van der Waals surface area contributed by atoms with Crippen molar-refractivity contribution in [3.8, 4) is 0 Å². The van der Waals surface area contributed by atoms with Gasteiger partial charge in [0.05, 0.1) is 17.8 Å². The Bertz CT molecular complexity index is 882. The lowest BCUT2D eigenvalue weighted by Crippen LogP contribution is -2.51. The highest BCUT2D eigenvalue weighted by atomic mass is 32.2. The summed E-state index contributed by atoms with van der Waals surface area (Å²) in [6.45, 7) is 12.4. The number of aromatic nitrogens is 1. The second-order valence-electron chi connectivity index (χ2n) is 7.72. The number of carbonyl (C=O) groups is 2. The largest absolute Gasteiger partial charge is 0.361 e. The van der Waals surface area contributed by atoms with Crippen LogP contribution in [0.5, 0.6) is 0 Å². The van der Waals surface area contributed by atoms with Crippen LogP contribution in [0.15, 0.2) is 33.7 Å². The number of benzene rings is 1. The zero-order valence-electron chi connectivity index (χ0n) is 18.9. The quantitative estimate of drug-likeness (QED) is 0.583. The Kier molecular flexibility index (Phi) is 8.15. The molecule has 1 aromatic heterocycles. The molecule has 2 amide bonds. The normalized spacial score (nSPS) is 14.6. The van der Waals surface area contributed by atoms with Crippen LogP contribution in [0.25, 0.3) is 0 Å². The van der Waals surface area contributed by atoms with Gasteiger partial charge in [0.1, 0.15) is 5.76 Å². The van der Waals surface area contributed by atoms with Gasteiger partial charge >= 0.3 is 0 Å². The number of carbonyl (C=O) groups excluding carboxylic acids is 2. The van der Waals surface area contributed by atoms with Crippen LogP contribution in [0, 0.1) is 13.8 Å². The first-order chi connectivity index (χ1) is 14.9. The molecule has 1 fully saturated rings. The summed E-state index contributed by atoms with van der Waals surface area (Å²) in [4.78, 5) is 32.4. The predicted octanol–water partition coefficient (Wildman–Crippen LogP) is 3.21. The first kappa shape index (κ1) is 23.3. The minimum Gasteiger partial charge on any atom is -0.361 e. The van der Waals surface area contributed by atoms with Gasteiger partial charge in [0.2, 0.25) is 5.91 Å². The summed E-state index contributed by atoms with van der Waals surface area (Å²) in [6.07, 6.45) is 0. The zero-order chi connectivity index (χ0) is 22.4. The molecule has 0 saturated carbocycles. The fourth-order valence-corrected chi connectivity index (χ4v) is 4.97. The van der Waals surface area contributed by atoms with Crippen molar-refractivity contribution in [3.63, 3.8) is 0 Å². The van der Waals surface area contributed by atoms with Crippen molar-refractivity contribution in [2.24, 2.45) is 0 Å². The van der Waals surface area contributed by atoms with E-state index < -0.39 is 0 Å². The van der Waals surface area contributed by atoms with Gasteiger partial charge in [-0.2, -0.15) is 0 Å². The van der Waals surface area contributed by atoms with Crippen molar-refractivity contribution >= 4 is 23.6 Å². The number of piperazine rings is 1. The lowest BCUT2D eigenvalue weighted by atomic mass is 10.2. The highest BCUT2D eigenvalue weighted by Gasteiger charge is 2.25. The van der Waals surface area contributed by atoms with Gasteiger partial charge in [0, 0.05) is 55.5 Å². The van der Waals surface area contributed by atoms with E-state index in [-0.39, 0.29) is 11.8 Å². The molecule has 0 unspecified atom stereocenters. The van der Waals surface area contributed by atoms with Crippen molar-refractivity contribution in [1.82, 2.24) is 19.9 Å². The Balaban J connectivity index is 1.59. The third kappa shape index (κ3) is 5.68.